The van der Waals surface area contributed by atoms with Gasteiger partial charge in [-0.05, 0) is 41.9 Å². The standard InChI is InChI=1S/C20H27FN2O2/c1-14(2)11-19(25)23-9-7-20(8-10-23)12-18(24)22-13-17(20)15-3-5-16(21)6-4-15/h3-6,14,17H,7-13H2,1-2H3,(H,22,24). The van der Waals surface area contributed by atoms with Crippen LogP contribution >= 0.6 is 0 Å². The van der Waals surface area contributed by atoms with Gasteiger partial charge in [0.15, 0.2) is 0 Å². The zero-order valence-corrected chi connectivity index (χ0v) is 15.1. The lowest BCUT2D eigenvalue weighted by molar-refractivity contribution is -0.136. The zero-order chi connectivity index (χ0) is 18.0. The fraction of sp³-hybridized carbons (Fsp3) is 0.600. The van der Waals surface area contributed by atoms with Gasteiger partial charge in [0.2, 0.25) is 11.8 Å². The first-order valence-electron chi connectivity index (χ1n) is 9.19. The molecule has 2 amide bonds. The van der Waals surface area contributed by atoms with Crippen molar-refractivity contribution in [2.45, 2.75) is 45.4 Å². The molecule has 5 heteroatoms. The second kappa shape index (κ2) is 7.14. The van der Waals surface area contributed by atoms with E-state index >= 15 is 0 Å². The molecular formula is C20H27FN2O2. The van der Waals surface area contributed by atoms with E-state index in [0.29, 0.717) is 38.4 Å². The number of rotatable bonds is 3. The number of amides is 2. The van der Waals surface area contributed by atoms with Crippen LogP contribution in [0.15, 0.2) is 24.3 Å². The van der Waals surface area contributed by atoms with E-state index in [2.05, 4.69) is 19.2 Å². The molecule has 136 valence electrons. The summed E-state index contributed by atoms with van der Waals surface area (Å²) in [5.41, 5.74) is 0.942. The molecule has 2 aliphatic heterocycles. The Morgan fingerprint density at radius 3 is 2.52 bits per heavy atom. The quantitative estimate of drug-likeness (QED) is 0.914. The van der Waals surface area contributed by atoms with E-state index in [4.69, 9.17) is 0 Å². The monoisotopic (exact) mass is 346 g/mol. The maximum Gasteiger partial charge on any atom is 0.222 e. The first kappa shape index (κ1) is 17.9. The smallest absolute Gasteiger partial charge is 0.222 e. The molecule has 25 heavy (non-hydrogen) atoms. The minimum Gasteiger partial charge on any atom is -0.355 e. The van der Waals surface area contributed by atoms with E-state index in [-0.39, 0.29) is 29.0 Å². The maximum absolute atomic E-state index is 13.3. The predicted octanol–water partition coefficient (Wildman–Crippen LogP) is 3.08. The van der Waals surface area contributed by atoms with Crippen LogP contribution in [0.25, 0.3) is 0 Å². The average molecular weight is 346 g/mol. The highest BCUT2D eigenvalue weighted by Gasteiger charge is 2.46. The first-order chi connectivity index (χ1) is 11.9. The van der Waals surface area contributed by atoms with E-state index in [1.165, 1.54) is 12.1 Å². The minimum atomic E-state index is -0.244. The summed E-state index contributed by atoms with van der Waals surface area (Å²) in [6.07, 6.45) is 2.72. The molecule has 1 aromatic rings. The number of nitrogens with one attached hydrogen (secondary N) is 1. The van der Waals surface area contributed by atoms with Crippen molar-refractivity contribution in [3.63, 3.8) is 0 Å². The van der Waals surface area contributed by atoms with Crippen LogP contribution in [0.1, 0.15) is 51.0 Å². The molecule has 1 N–H and O–H groups in total. The van der Waals surface area contributed by atoms with Crippen molar-refractivity contribution in [1.82, 2.24) is 10.2 Å². The molecule has 1 aromatic carbocycles. The number of carbonyl (C=O) groups is 2. The zero-order valence-electron chi connectivity index (χ0n) is 15.1. The summed E-state index contributed by atoms with van der Waals surface area (Å²) < 4.78 is 13.3. The Morgan fingerprint density at radius 1 is 1.28 bits per heavy atom. The van der Waals surface area contributed by atoms with Gasteiger partial charge < -0.3 is 10.2 Å². The van der Waals surface area contributed by atoms with Crippen LogP contribution in [0.5, 0.6) is 0 Å². The van der Waals surface area contributed by atoms with Crippen LogP contribution < -0.4 is 5.32 Å². The molecule has 1 unspecified atom stereocenters. The number of hydrogen-bond acceptors (Lipinski definition) is 2. The SMILES string of the molecule is CC(C)CC(=O)N1CCC2(CC1)CC(=O)NCC2c1ccc(F)cc1. The summed E-state index contributed by atoms with van der Waals surface area (Å²) in [5, 5.41) is 2.96. The van der Waals surface area contributed by atoms with E-state index in [0.717, 1.165) is 18.4 Å². The summed E-state index contributed by atoms with van der Waals surface area (Å²) in [4.78, 5) is 26.4. The van der Waals surface area contributed by atoms with Gasteiger partial charge in [-0.3, -0.25) is 9.59 Å². The molecule has 2 saturated heterocycles. The first-order valence-corrected chi connectivity index (χ1v) is 9.19. The molecule has 2 aliphatic rings. The Hall–Kier alpha value is -1.91. The highest BCUT2D eigenvalue weighted by Crippen LogP contribution is 2.48. The van der Waals surface area contributed by atoms with Gasteiger partial charge in [-0.1, -0.05) is 26.0 Å². The Balaban J connectivity index is 1.76. The summed E-state index contributed by atoms with van der Waals surface area (Å²) in [6.45, 7) is 6.11. The minimum absolute atomic E-state index is 0.0836. The van der Waals surface area contributed by atoms with Crippen LogP contribution in [-0.2, 0) is 9.59 Å². The molecule has 1 atom stereocenters. The largest absolute Gasteiger partial charge is 0.355 e. The lowest BCUT2D eigenvalue weighted by atomic mass is 9.62. The number of carbonyl (C=O) groups excluding carboxylic acids is 2. The summed E-state index contributed by atoms with van der Waals surface area (Å²) in [6, 6.07) is 6.63. The van der Waals surface area contributed by atoms with Gasteiger partial charge in [0, 0.05) is 38.4 Å². The number of nitrogens with zero attached hydrogens (tertiary/aromatic N) is 1. The molecule has 1 spiro atoms. The molecule has 3 rings (SSSR count). The molecule has 0 radical (unpaired) electrons. The highest BCUT2D eigenvalue weighted by molar-refractivity contribution is 5.79. The fourth-order valence-corrected chi connectivity index (χ4v) is 4.31. The lowest BCUT2D eigenvalue weighted by Gasteiger charge is -2.49. The third kappa shape index (κ3) is 3.86. The number of likely N-dealkylation sites (tertiary alicyclic amines) is 1. The van der Waals surface area contributed by atoms with Crippen LogP contribution in [0.4, 0.5) is 4.39 Å². The molecule has 0 bridgehead atoms. The van der Waals surface area contributed by atoms with Crippen molar-refractivity contribution < 1.29 is 14.0 Å². The Morgan fingerprint density at radius 2 is 1.92 bits per heavy atom. The number of hydrogen-bond donors (Lipinski definition) is 1. The van der Waals surface area contributed by atoms with Crippen LogP contribution in [0, 0.1) is 17.2 Å². The summed E-state index contributed by atoms with van der Waals surface area (Å²) in [7, 11) is 0. The van der Waals surface area contributed by atoms with E-state index in [1.54, 1.807) is 0 Å². The van der Waals surface area contributed by atoms with Crippen molar-refractivity contribution in [3.05, 3.63) is 35.6 Å². The van der Waals surface area contributed by atoms with E-state index < -0.39 is 0 Å². The normalized spacial score (nSPS) is 23.0. The average Bonchev–Trinajstić information content (AvgIpc) is 2.56. The van der Waals surface area contributed by atoms with Crippen LogP contribution in [0.3, 0.4) is 0 Å². The number of piperidine rings is 2. The molecule has 4 nitrogen and oxygen atoms in total. The van der Waals surface area contributed by atoms with Gasteiger partial charge in [-0.15, -0.1) is 0 Å². The molecule has 0 aliphatic carbocycles. The maximum atomic E-state index is 13.3. The van der Waals surface area contributed by atoms with Crippen LogP contribution in [-0.4, -0.2) is 36.3 Å². The highest BCUT2D eigenvalue weighted by atomic mass is 19.1. The summed E-state index contributed by atoms with van der Waals surface area (Å²) >= 11 is 0. The van der Waals surface area contributed by atoms with E-state index in [1.807, 2.05) is 17.0 Å². The van der Waals surface area contributed by atoms with E-state index in [9.17, 15) is 14.0 Å². The summed E-state index contributed by atoms with van der Waals surface area (Å²) in [5.74, 6) is 0.583. The van der Waals surface area contributed by atoms with Gasteiger partial charge in [0.25, 0.3) is 0 Å². The molecule has 2 heterocycles. The van der Waals surface area contributed by atoms with Crippen molar-refractivity contribution >= 4 is 11.8 Å². The number of halogens is 1. The van der Waals surface area contributed by atoms with Gasteiger partial charge >= 0.3 is 0 Å². The lowest BCUT2D eigenvalue weighted by Crippen LogP contribution is -2.53. The third-order valence-electron chi connectivity index (χ3n) is 5.72. The third-order valence-corrected chi connectivity index (χ3v) is 5.72. The van der Waals surface area contributed by atoms with Gasteiger partial charge in [-0.2, -0.15) is 0 Å². The Labute approximate surface area is 148 Å². The molecule has 0 aromatic heterocycles. The molecule has 2 fully saturated rings. The topological polar surface area (TPSA) is 49.4 Å². The number of benzene rings is 1. The van der Waals surface area contributed by atoms with Gasteiger partial charge in [0.1, 0.15) is 5.82 Å². The van der Waals surface area contributed by atoms with Gasteiger partial charge in [-0.25, -0.2) is 4.39 Å². The molecule has 0 saturated carbocycles. The molecular weight excluding hydrogens is 319 g/mol. The Kier molecular flexibility index (Phi) is 5.11. The van der Waals surface area contributed by atoms with Crippen molar-refractivity contribution in [2.24, 2.45) is 11.3 Å². The van der Waals surface area contributed by atoms with Gasteiger partial charge in [0.05, 0.1) is 0 Å². The predicted molar refractivity (Wildman–Crippen MR) is 94.5 cm³/mol. The van der Waals surface area contributed by atoms with Crippen molar-refractivity contribution in [3.8, 4) is 0 Å². The van der Waals surface area contributed by atoms with Crippen molar-refractivity contribution in [1.29, 1.82) is 0 Å². The second-order valence-corrected chi connectivity index (χ2v) is 7.93. The van der Waals surface area contributed by atoms with Crippen LogP contribution in [0.2, 0.25) is 0 Å². The fourth-order valence-electron chi connectivity index (χ4n) is 4.31. The second-order valence-electron chi connectivity index (χ2n) is 7.93. The van der Waals surface area contributed by atoms with Crippen molar-refractivity contribution in [2.75, 3.05) is 19.6 Å². The Bertz CT molecular complexity index is 634.